The molecule has 3 rings (SSSR count). The van der Waals surface area contributed by atoms with Crippen LogP contribution in [-0.4, -0.2) is 13.7 Å². The van der Waals surface area contributed by atoms with E-state index in [1.807, 2.05) is 12.1 Å². The molecular weight excluding hydrogens is 272 g/mol. The molecule has 0 bridgehead atoms. The molecule has 22 heavy (non-hydrogen) atoms. The maximum atomic E-state index is 5.86. The first-order valence-electron chi connectivity index (χ1n) is 7.90. The van der Waals surface area contributed by atoms with E-state index in [-0.39, 0.29) is 5.41 Å². The Morgan fingerprint density at radius 2 is 1.68 bits per heavy atom. The lowest BCUT2D eigenvalue weighted by Crippen LogP contribution is -2.25. The second kappa shape index (κ2) is 5.68. The molecule has 0 amide bonds. The van der Waals surface area contributed by atoms with Gasteiger partial charge in [-0.25, -0.2) is 0 Å². The first-order valence-corrected chi connectivity index (χ1v) is 7.90. The molecule has 0 saturated carbocycles. The molecule has 2 heteroatoms. The highest BCUT2D eigenvalue weighted by Crippen LogP contribution is 2.45. The summed E-state index contributed by atoms with van der Waals surface area (Å²) in [6.45, 7) is 7.75. The predicted molar refractivity (Wildman–Crippen MR) is 90.7 cm³/mol. The maximum absolute atomic E-state index is 5.86. The largest absolute Gasteiger partial charge is 0.497 e. The van der Waals surface area contributed by atoms with Crippen LogP contribution in [0.25, 0.3) is 11.1 Å². The van der Waals surface area contributed by atoms with Crippen molar-refractivity contribution in [3.63, 3.8) is 0 Å². The van der Waals surface area contributed by atoms with E-state index >= 15 is 0 Å². The second-order valence-electron chi connectivity index (χ2n) is 7.04. The number of hydrogen-bond donors (Lipinski definition) is 0. The van der Waals surface area contributed by atoms with Crippen molar-refractivity contribution < 1.29 is 9.47 Å². The monoisotopic (exact) mass is 296 g/mol. The number of ether oxygens (including phenoxy) is 2. The van der Waals surface area contributed by atoms with Gasteiger partial charge in [0.25, 0.3) is 0 Å². The minimum Gasteiger partial charge on any atom is -0.497 e. The average Bonchev–Trinajstić information content (AvgIpc) is 2.53. The van der Waals surface area contributed by atoms with Crippen LogP contribution in [0.4, 0.5) is 0 Å². The summed E-state index contributed by atoms with van der Waals surface area (Å²) in [6, 6.07) is 14.8. The van der Waals surface area contributed by atoms with Gasteiger partial charge >= 0.3 is 0 Å². The fourth-order valence-corrected chi connectivity index (χ4v) is 3.26. The molecule has 0 aromatic heterocycles. The van der Waals surface area contributed by atoms with Crippen LogP contribution in [0.2, 0.25) is 0 Å². The summed E-state index contributed by atoms with van der Waals surface area (Å²) in [6.07, 6.45) is 1.09. The lowest BCUT2D eigenvalue weighted by molar-refractivity contribution is 0.204. The Morgan fingerprint density at radius 3 is 2.32 bits per heavy atom. The Morgan fingerprint density at radius 1 is 1.00 bits per heavy atom. The van der Waals surface area contributed by atoms with E-state index in [4.69, 9.17) is 9.47 Å². The van der Waals surface area contributed by atoms with Gasteiger partial charge < -0.3 is 9.47 Å². The third-order valence-corrected chi connectivity index (χ3v) is 4.52. The highest BCUT2D eigenvalue weighted by molar-refractivity contribution is 5.67. The van der Waals surface area contributed by atoms with Gasteiger partial charge in [0.1, 0.15) is 11.5 Å². The van der Waals surface area contributed by atoms with Crippen molar-refractivity contribution in [3.05, 3.63) is 48.0 Å². The van der Waals surface area contributed by atoms with Gasteiger partial charge in [-0.1, -0.05) is 39.0 Å². The molecule has 0 fully saturated rings. The SMILES string of the molecule is COc1ccc(-c2ccc3c(c2)C(C(C)(C)C)CCO3)cc1. The van der Waals surface area contributed by atoms with Crippen LogP contribution in [0.15, 0.2) is 42.5 Å². The number of rotatable bonds is 2. The summed E-state index contributed by atoms with van der Waals surface area (Å²) < 4.78 is 11.1. The molecule has 2 aromatic rings. The first-order chi connectivity index (χ1) is 10.5. The van der Waals surface area contributed by atoms with Gasteiger partial charge in [-0.15, -0.1) is 0 Å². The second-order valence-corrected chi connectivity index (χ2v) is 7.04. The van der Waals surface area contributed by atoms with E-state index in [2.05, 4.69) is 51.1 Å². The zero-order valence-electron chi connectivity index (χ0n) is 13.8. The fraction of sp³-hybridized carbons (Fsp3) is 0.400. The van der Waals surface area contributed by atoms with E-state index in [9.17, 15) is 0 Å². The average molecular weight is 296 g/mol. The van der Waals surface area contributed by atoms with Gasteiger partial charge in [-0.2, -0.15) is 0 Å². The molecule has 1 aliphatic rings. The van der Waals surface area contributed by atoms with Crippen LogP contribution in [0, 0.1) is 5.41 Å². The van der Waals surface area contributed by atoms with Crippen molar-refractivity contribution >= 4 is 0 Å². The minimum atomic E-state index is 0.247. The number of fused-ring (bicyclic) bond motifs is 1. The molecule has 0 N–H and O–H groups in total. The lowest BCUT2D eigenvalue weighted by atomic mass is 9.73. The summed E-state index contributed by atoms with van der Waals surface area (Å²) in [7, 11) is 1.69. The molecule has 116 valence electrons. The summed E-state index contributed by atoms with van der Waals surface area (Å²) in [4.78, 5) is 0. The molecule has 1 aliphatic heterocycles. The quantitative estimate of drug-likeness (QED) is 0.751. The molecule has 1 unspecified atom stereocenters. The van der Waals surface area contributed by atoms with Gasteiger partial charge in [0.2, 0.25) is 0 Å². The Bertz CT molecular complexity index is 650. The zero-order valence-corrected chi connectivity index (χ0v) is 13.8. The predicted octanol–water partition coefficient (Wildman–Crippen LogP) is 5.27. The van der Waals surface area contributed by atoms with Gasteiger partial charge in [-0.05, 0) is 58.7 Å². The summed E-state index contributed by atoms with van der Waals surface area (Å²) in [5, 5.41) is 0. The topological polar surface area (TPSA) is 18.5 Å². The third kappa shape index (κ3) is 2.83. The summed E-state index contributed by atoms with van der Waals surface area (Å²) in [5.41, 5.74) is 4.03. The van der Waals surface area contributed by atoms with Crippen LogP contribution in [0.5, 0.6) is 11.5 Å². The minimum absolute atomic E-state index is 0.247. The molecular formula is C20H24O2. The van der Waals surface area contributed by atoms with Crippen molar-refractivity contribution in [1.29, 1.82) is 0 Å². The lowest BCUT2D eigenvalue weighted by Gasteiger charge is -2.36. The van der Waals surface area contributed by atoms with E-state index in [1.165, 1.54) is 16.7 Å². The van der Waals surface area contributed by atoms with Crippen molar-refractivity contribution in [1.82, 2.24) is 0 Å². The van der Waals surface area contributed by atoms with Crippen molar-refractivity contribution in [2.75, 3.05) is 13.7 Å². The fourth-order valence-electron chi connectivity index (χ4n) is 3.26. The van der Waals surface area contributed by atoms with E-state index < -0.39 is 0 Å². The van der Waals surface area contributed by atoms with E-state index in [0.29, 0.717) is 5.92 Å². The van der Waals surface area contributed by atoms with Gasteiger partial charge in [0, 0.05) is 0 Å². The Labute approximate surface area is 133 Å². The Hall–Kier alpha value is -1.96. The maximum Gasteiger partial charge on any atom is 0.122 e. The van der Waals surface area contributed by atoms with Gasteiger partial charge in [-0.3, -0.25) is 0 Å². The highest BCUT2D eigenvalue weighted by Gasteiger charge is 2.31. The van der Waals surface area contributed by atoms with Crippen LogP contribution in [-0.2, 0) is 0 Å². The first kappa shape index (κ1) is 15.0. The van der Waals surface area contributed by atoms with Crippen molar-refractivity contribution in [2.45, 2.75) is 33.1 Å². The molecule has 0 spiro atoms. The van der Waals surface area contributed by atoms with E-state index in [1.54, 1.807) is 7.11 Å². The molecule has 2 nitrogen and oxygen atoms in total. The molecule has 0 aliphatic carbocycles. The number of benzene rings is 2. The molecule has 1 heterocycles. The van der Waals surface area contributed by atoms with Crippen LogP contribution in [0.3, 0.4) is 0 Å². The van der Waals surface area contributed by atoms with Gasteiger partial charge in [0.15, 0.2) is 0 Å². The van der Waals surface area contributed by atoms with Crippen molar-refractivity contribution in [2.24, 2.45) is 5.41 Å². The summed E-state index contributed by atoms with van der Waals surface area (Å²) in [5.74, 6) is 2.47. The van der Waals surface area contributed by atoms with E-state index in [0.717, 1.165) is 24.5 Å². The Kier molecular flexibility index (Phi) is 3.86. The summed E-state index contributed by atoms with van der Waals surface area (Å²) >= 11 is 0. The van der Waals surface area contributed by atoms with Crippen LogP contribution in [0.1, 0.15) is 38.7 Å². The van der Waals surface area contributed by atoms with Gasteiger partial charge in [0.05, 0.1) is 13.7 Å². The molecule has 0 radical (unpaired) electrons. The smallest absolute Gasteiger partial charge is 0.122 e. The normalized spacial score (nSPS) is 17.5. The number of hydrogen-bond acceptors (Lipinski definition) is 2. The standard InChI is InChI=1S/C20H24O2/c1-20(2,3)18-11-12-22-19-10-7-15(13-17(18)19)14-5-8-16(21-4)9-6-14/h5-10,13,18H,11-12H2,1-4H3. The van der Waals surface area contributed by atoms with Crippen LogP contribution >= 0.6 is 0 Å². The third-order valence-electron chi connectivity index (χ3n) is 4.52. The zero-order chi connectivity index (χ0) is 15.7. The number of methoxy groups -OCH3 is 1. The Balaban J connectivity index is 2.01. The molecule has 1 atom stereocenters. The highest BCUT2D eigenvalue weighted by atomic mass is 16.5. The van der Waals surface area contributed by atoms with Crippen LogP contribution < -0.4 is 9.47 Å². The molecule has 2 aromatic carbocycles. The molecule has 0 saturated heterocycles. The van der Waals surface area contributed by atoms with Crippen molar-refractivity contribution in [3.8, 4) is 22.6 Å².